The molecule has 2 N–H and O–H groups in total. The van der Waals surface area contributed by atoms with Crippen LogP contribution in [-0.4, -0.2) is 23.1 Å². The third kappa shape index (κ3) is 2.00. The normalized spacial score (nSPS) is 20.9. The molecule has 0 saturated carbocycles. The molecule has 15 heavy (non-hydrogen) atoms. The number of nitrogen functional groups attached to an aromatic ring is 1. The first-order valence-electron chi connectivity index (χ1n) is 5.23. The smallest absolute Gasteiger partial charge is 0.157 e. The molecule has 1 aromatic rings. The first-order valence-corrected chi connectivity index (χ1v) is 5.61. The van der Waals surface area contributed by atoms with Crippen molar-refractivity contribution in [3.05, 3.63) is 11.5 Å². The Morgan fingerprint density at radius 2 is 2.40 bits per heavy atom. The summed E-state index contributed by atoms with van der Waals surface area (Å²) in [6.07, 6.45) is 3.88. The van der Waals surface area contributed by atoms with Crippen molar-refractivity contribution in [2.24, 2.45) is 5.92 Å². The summed E-state index contributed by atoms with van der Waals surface area (Å²) in [6, 6.07) is 0. The predicted octanol–water partition coefficient (Wildman–Crippen LogP) is 1.95. The fourth-order valence-corrected chi connectivity index (χ4v) is 2.10. The molecule has 5 heteroatoms. The zero-order chi connectivity index (χ0) is 10.8. The highest BCUT2D eigenvalue weighted by Gasteiger charge is 2.24. The van der Waals surface area contributed by atoms with E-state index in [-0.39, 0.29) is 0 Å². The lowest BCUT2D eigenvalue weighted by Gasteiger charge is -2.18. The lowest BCUT2D eigenvalue weighted by Crippen LogP contribution is -2.22. The van der Waals surface area contributed by atoms with Crippen molar-refractivity contribution < 1.29 is 0 Å². The maximum absolute atomic E-state index is 5.86. The van der Waals surface area contributed by atoms with Crippen LogP contribution in [0.25, 0.3) is 0 Å². The molecule has 2 rings (SSSR count). The molecule has 2 heterocycles. The summed E-state index contributed by atoms with van der Waals surface area (Å²) < 4.78 is 0. The van der Waals surface area contributed by atoms with Gasteiger partial charge in [0.25, 0.3) is 0 Å². The molecule has 1 fully saturated rings. The van der Waals surface area contributed by atoms with Gasteiger partial charge < -0.3 is 10.6 Å². The third-order valence-electron chi connectivity index (χ3n) is 2.98. The van der Waals surface area contributed by atoms with Crippen LogP contribution in [0.1, 0.15) is 19.8 Å². The quantitative estimate of drug-likeness (QED) is 0.784. The van der Waals surface area contributed by atoms with Crippen molar-refractivity contribution in [1.82, 2.24) is 9.97 Å². The largest absolute Gasteiger partial charge is 0.393 e. The van der Waals surface area contributed by atoms with Gasteiger partial charge in [0.1, 0.15) is 12.0 Å². The molecule has 4 nitrogen and oxygen atoms in total. The van der Waals surface area contributed by atoms with E-state index in [1.807, 2.05) is 0 Å². The number of nitrogens with zero attached hydrogens (tertiary/aromatic N) is 3. The molecule has 0 spiro atoms. The molecule has 0 amide bonds. The Morgan fingerprint density at radius 3 is 3.07 bits per heavy atom. The van der Waals surface area contributed by atoms with Crippen molar-refractivity contribution in [2.75, 3.05) is 23.7 Å². The molecule has 1 aliphatic rings. The van der Waals surface area contributed by atoms with Gasteiger partial charge >= 0.3 is 0 Å². The second-order valence-electron chi connectivity index (χ2n) is 3.91. The molecule has 1 unspecified atom stereocenters. The summed E-state index contributed by atoms with van der Waals surface area (Å²) in [5.74, 6) is 1.53. The van der Waals surface area contributed by atoms with E-state index in [4.69, 9.17) is 17.3 Å². The van der Waals surface area contributed by atoms with Gasteiger partial charge in [0.2, 0.25) is 0 Å². The fraction of sp³-hybridized carbons (Fsp3) is 0.600. The molecule has 0 aliphatic carbocycles. The highest BCUT2D eigenvalue weighted by atomic mass is 35.5. The van der Waals surface area contributed by atoms with Crippen LogP contribution in [-0.2, 0) is 0 Å². The molecule has 0 aromatic carbocycles. The van der Waals surface area contributed by atoms with E-state index in [1.54, 1.807) is 0 Å². The summed E-state index contributed by atoms with van der Waals surface area (Å²) in [5, 5.41) is 0.347. The minimum atomic E-state index is 0.347. The van der Waals surface area contributed by atoms with E-state index >= 15 is 0 Å². The lowest BCUT2D eigenvalue weighted by molar-refractivity contribution is 0.569. The Kier molecular flexibility index (Phi) is 2.95. The number of hydrogen-bond acceptors (Lipinski definition) is 4. The molecule has 0 bridgehead atoms. The molecule has 1 atom stereocenters. The monoisotopic (exact) mass is 226 g/mol. The van der Waals surface area contributed by atoms with E-state index in [2.05, 4.69) is 21.8 Å². The third-order valence-corrected chi connectivity index (χ3v) is 3.28. The van der Waals surface area contributed by atoms with Crippen LogP contribution in [0.4, 0.5) is 11.5 Å². The Bertz CT molecular complexity index is 355. The number of hydrogen-bond donors (Lipinski definition) is 1. The average Bonchev–Trinajstić information content (AvgIpc) is 2.70. The zero-order valence-electron chi connectivity index (χ0n) is 8.78. The maximum atomic E-state index is 5.86. The van der Waals surface area contributed by atoms with Gasteiger partial charge in [-0.05, 0) is 12.3 Å². The van der Waals surface area contributed by atoms with Gasteiger partial charge in [0.05, 0.1) is 0 Å². The summed E-state index contributed by atoms with van der Waals surface area (Å²) >= 11 is 5.86. The first kappa shape index (κ1) is 10.5. The fourth-order valence-electron chi connectivity index (χ4n) is 1.98. The Hall–Kier alpha value is -1.03. The van der Waals surface area contributed by atoms with Crippen molar-refractivity contribution in [3.63, 3.8) is 0 Å². The number of aromatic nitrogens is 2. The summed E-state index contributed by atoms with van der Waals surface area (Å²) in [6.45, 7) is 4.24. The maximum Gasteiger partial charge on any atom is 0.157 e. The topological polar surface area (TPSA) is 55.0 Å². The van der Waals surface area contributed by atoms with Gasteiger partial charge in [-0.15, -0.1) is 0 Å². The van der Waals surface area contributed by atoms with Gasteiger partial charge in [0, 0.05) is 13.1 Å². The highest BCUT2D eigenvalue weighted by molar-refractivity contribution is 6.32. The molecule has 82 valence electrons. The molecule has 0 radical (unpaired) electrons. The van der Waals surface area contributed by atoms with E-state index in [1.165, 1.54) is 19.2 Å². The van der Waals surface area contributed by atoms with Gasteiger partial charge in [-0.2, -0.15) is 0 Å². The first-order chi connectivity index (χ1) is 7.22. The molecule has 1 aromatic heterocycles. The van der Waals surface area contributed by atoms with E-state index in [0.29, 0.717) is 10.8 Å². The van der Waals surface area contributed by atoms with Crippen molar-refractivity contribution in [2.45, 2.75) is 19.8 Å². The van der Waals surface area contributed by atoms with Crippen LogP contribution in [0.2, 0.25) is 5.15 Å². The van der Waals surface area contributed by atoms with Crippen LogP contribution < -0.4 is 10.6 Å². The number of anilines is 2. The van der Waals surface area contributed by atoms with Crippen LogP contribution in [0.5, 0.6) is 0 Å². The molecule has 1 aliphatic heterocycles. The van der Waals surface area contributed by atoms with Gasteiger partial charge in [-0.25, -0.2) is 9.97 Å². The minimum absolute atomic E-state index is 0.347. The highest BCUT2D eigenvalue weighted by Crippen LogP contribution is 2.30. The van der Waals surface area contributed by atoms with Gasteiger partial charge in [0.15, 0.2) is 11.0 Å². The molecular formula is C10H15ClN4. The summed E-state index contributed by atoms with van der Waals surface area (Å²) in [5.41, 5.74) is 6.35. The standard InChI is InChI=1S/C10H15ClN4/c1-2-7-3-4-15(5-7)10-8(12)9(11)13-6-14-10/h6-7H,2-5,12H2,1H3. The summed E-state index contributed by atoms with van der Waals surface area (Å²) in [4.78, 5) is 10.2. The predicted molar refractivity (Wildman–Crippen MR) is 62.1 cm³/mol. The van der Waals surface area contributed by atoms with Crippen LogP contribution in [0.15, 0.2) is 6.33 Å². The number of nitrogens with two attached hydrogens (primary N) is 1. The molecular weight excluding hydrogens is 212 g/mol. The lowest BCUT2D eigenvalue weighted by atomic mass is 10.1. The number of halogens is 1. The van der Waals surface area contributed by atoms with Crippen LogP contribution >= 0.6 is 11.6 Å². The Morgan fingerprint density at radius 1 is 1.60 bits per heavy atom. The van der Waals surface area contributed by atoms with Crippen molar-refractivity contribution >= 4 is 23.1 Å². The van der Waals surface area contributed by atoms with Crippen LogP contribution in [0.3, 0.4) is 0 Å². The second-order valence-corrected chi connectivity index (χ2v) is 4.27. The number of rotatable bonds is 2. The SMILES string of the molecule is CCC1CCN(c2ncnc(Cl)c2N)C1. The Labute approximate surface area is 94.5 Å². The van der Waals surface area contributed by atoms with E-state index in [0.717, 1.165) is 24.8 Å². The second kappa shape index (κ2) is 4.23. The zero-order valence-corrected chi connectivity index (χ0v) is 9.54. The Balaban J connectivity index is 2.20. The van der Waals surface area contributed by atoms with Crippen molar-refractivity contribution in [3.8, 4) is 0 Å². The van der Waals surface area contributed by atoms with Crippen LogP contribution in [0, 0.1) is 5.92 Å². The van der Waals surface area contributed by atoms with Gasteiger partial charge in [-0.3, -0.25) is 0 Å². The van der Waals surface area contributed by atoms with E-state index in [9.17, 15) is 0 Å². The van der Waals surface area contributed by atoms with Gasteiger partial charge in [-0.1, -0.05) is 24.9 Å². The molecule has 1 saturated heterocycles. The van der Waals surface area contributed by atoms with E-state index < -0.39 is 0 Å². The summed E-state index contributed by atoms with van der Waals surface area (Å²) in [7, 11) is 0. The minimum Gasteiger partial charge on any atom is -0.393 e. The average molecular weight is 227 g/mol. The van der Waals surface area contributed by atoms with Crippen molar-refractivity contribution in [1.29, 1.82) is 0 Å².